The molecule has 0 aliphatic heterocycles. The summed E-state index contributed by atoms with van der Waals surface area (Å²) in [5, 5.41) is 3.66. The van der Waals surface area contributed by atoms with Gasteiger partial charge in [-0.2, -0.15) is 0 Å². The molecule has 2 atom stereocenters. The lowest BCUT2D eigenvalue weighted by molar-refractivity contribution is 0.502. The summed E-state index contributed by atoms with van der Waals surface area (Å²) in [6.07, 6.45) is 4.06. The second-order valence-electron chi connectivity index (χ2n) is 5.09. The number of rotatable bonds is 3. The Hall–Kier alpha value is -0.340. The van der Waals surface area contributed by atoms with E-state index in [9.17, 15) is 0 Å². The smallest absolute Gasteiger partial charge is 0.0222 e. The van der Waals surface area contributed by atoms with Crippen LogP contribution in [0.2, 0.25) is 0 Å². The van der Waals surface area contributed by atoms with Gasteiger partial charge in [0, 0.05) is 17.1 Å². The Morgan fingerprint density at radius 2 is 2.19 bits per heavy atom. The molecule has 1 aromatic rings. The van der Waals surface area contributed by atoms with E-state index in [0.29, 0.717) is 0 Å². The molecule has 2 rings (SSSR count). The van der Waals surface area contributed by atoms with Crippen LogP contribution in [0.25, 0.3) is 0 Å². The Morgan fingerprint density at radius 3 is 2.81 bits per heavy atom. The lowest BCUT2D eigenvalue weighted by atomic mass is 10.1. The molecule has 1 N–H and O–H groups in total. The van der Waals surface area contributed by atoms with Crippen molar-refractivity contribution in [2.24, 2.45) is 5.92 Å². The summed E-state index contributed by atoms with van der Waals surface area (Å²) in [6.45, 7) is 5.46. The first kappa shape index (κ1) is 12.1. The van der Waals surface area contributed by atoms with Crippen LogP contribution in [0.1, 0.15) is 37.3 Å². The van der Waals surface area contributed by atoms with Crippen molar-refractivity contribution < 1.29 is 0 Å². The van der Waals surface area contributed by atoms with Crippen molar-refractivity contribution in [3.63, 3.8) is 0 Å². The van der Waals surface area contributed by atoms with Crippen molar-refractivity contribution in [2.45, 2.75) is 45.7 Å². The van der Waals surface area contributed by atoms with E-state index in [1.807, 2.05) is 0 Å². The summed E-state index contributed by atoms with van der Waals surface area (Å²) in [5.74, 6) is 0.902. The van der Waals surface area contributed by atoms with Crippen LogP contribution in [0.4, 0.5) is 0 Å². The van der Waals surface area contributed by atoms with Gasteiger partial charge in [-0.1, -0.05) is 35.0 Å². The molecule has 1 saturated carbocycles. The van der Waals surface area contributed by atoms with E-state index in [2.05, 4.69) is 53.3 Å². The highest BCUT2D eigenvalue weighted by atomic mass is 79.9. The van der Waals surface area contributed by atoms with Crippen LogP contribution in [0.5, 0.6) is 0 Å². The maximum absolute atomic E-state index is 3.66. The highest BCUT2D eigenvalue weighted by molar-refractivity contribution is 9.10. The van der Waals surface area contributed by atoms with Crippen LogP contribution in [-0.4, -0.2) is 6.04 Å². The van der Waals surface area contributed by atoms with Gasteiger partial charge in [0.1, 0.15) is 0 Å². The molecule has 2 unspecified atom stereocenters. The van der Waals surface area contributed by atoms with Crippen LogP contribution < -0.4 is 5.32 Å². The number of hydrogen-bond acceptors (Lipinski definition) is 1. The third-order valence-corrected chi connectivity index (χ3v) is 4.22. The second-order valence-corrected chi connectivity index (χ2v) is 5.95. The van der Waals surface area contributed by atoms with Gasteiger partial charge in [-0.15, -0.1) is 0 Å². The zero-order valence-corrected chi connectivity index (χ0v) is 11.7. The molecule has 0 saturated heterocycles. The Labute approximate surface area is 107 Å². The standard InChI is InChI=1S/C14H20BrN/c1-10-4-6-13(7-10)16-9-12-5-3-11(2)8-14(12)15/h3,5,8,10,13,16H,4,6-7,9H2,1-2H3. The Bertz CT molecular complexity index is 362. The van der Waals surface area contributed by atoms with Crippen LogP contribution in [0.3, 0.4) is 0 Å². The molecule has 0 aromatic heterocycles. The fourth-order valence-electron chi connectivity index (χ4n) is 2.44. The Balaban J connectivity index is 1.89. The third kappa shape index (κ3) is 3.08. The van der Waals surface area contributed by atoms with Gasteiger partial charge in [0.05, 0.1) is 0 Å². The summed E-state index contributed by atoms with van der Waals surface area (Å²) in [6, 6.07) is 7.31. The highest BCUT2D eigenvalue weighted by Crippen LogP contribution is 2.25. The van der Waals surface area contributed by atoms with E-state index in [1.165, 1.54) is 34.9 Å². The first-order valence-electron chi connectivity index (χ1n) is 6.13. The molecule has 0 radical (unpaired) electrons. The third-order valence-electron chi connectivity index (χ3n) is 3.48. The summed E-state index contributed by atoms with van der Waals surface area (Å²) in [5.41, 5.74) is 2.68. The van der Waals surface area contributed by atoms with Crippen molar-refractivity contribution in [1.29, 1.82) is 0 Å². The average molecular weight is 282 g/mol. The molecular weight excluding hydrogens is 262 g/mol. The van der Waals surface area contributed by atoms with Crippen molar-refractivity contribution >= 4 is 15.9 Å². The number of hydrogen-bond donors (Lipinski definition) is 1. The molecule has 0 spiro atoms. The fourth-order valence-corrected chi connectivity index (χ4v) is 3.08. The Kier molecular flexibility index (Phi) is 4.04. The average Bonchev–Trinajstić information content (AvgIpc) is 2.63. The second kappa shape index (κ2) is 5.33. The molecule has 1 aliphatic carbocycles. The highest BCUT2D eigenvalue weighted by Gasteiger charge is 2.20. The van der Waals surface area contributed by atoms with E-state index in [0.717, 1.165) is 18.5 Å². The topological polar surface area (TPSA) is 12.0 Å². The van der Waals surface area contributed by atoms with E-state index < -0.39 is 0 Å². The van der Waals surface area contributed by atoms with Gasteiger partial charge >= 0.3 is 0 Å². The van der Waals surface area contributed by atoms with Crippen molar-refractivity contribution in [1.82, 2.24) is 5.32 Å². The van der Waals surface area contributed by atoms with Crippen molar-refractivity contribution in [3.05, 3.63) is 33.8 Å². The predicted molar refractivity (Wildman–Crippen MR) is 72.5 cm³/mol. The summed E-state index contributed by atoms with van der Waals surface area (Å²) >= 11 is 3.63. The summed E-state index contributed by atoms with van der Waals surface area (Å²) in [4.78, 5) is 0. The monoisotopic (exact) mass is 281 g/mol. The predicted octanol–water partition coefficient (Wildman–Crippen LogP) is 4.04. The van der Waals surface area contributed by atoms with Crippen LogP contribution in [0, 0.1) is 12.8 Å². The van der Waals surface area contributed by atoms with E-state index in [-0.39, 0.29) is 0 Å². The van der Waals surface area contributed by atoms with Gasteiger partial charge in [0.25, 0.3) is 0 Å². The number of halogens is 1. The first-order chi connectivity index (χ1) is 7.65. The number of nitrogens with one attached hydrogen (secondary N) is 1. The molecule has 0 amide bonds. The minimum Gasteiger partial charge on any atom is -0.310 e. The minimum atomic E-state index is 0.725. The number of benzene rings is 1. The van der Waals surface area contributed by atoms with Gasteiger partial charge in [-0.05, 0) is 49.3 Å². The molecule has 1 aromatic carbocycles. The normalized spacial score (nSPS) is 24.9. The van der Waals surface area contributed by atoms with Gasteiger partial charge < -0.3 is 5.32 Å². The van der Waals surface area contributed by atoms with Crippen LogP contribution in [-0.2, 0) is 6.54 Å². The largest absolute Gasteiger partial charge is 0.310 e. The molecule has 1 aliphatic rings. The van der Waals surface area contributed by atoms with Gasteiger partial charge in [-0.3, -0.25) is 0 Å². The SMILES string of the molecule is Cc1ccc(CNC2CCC(C)C2)c(Br)c1. The van der Waals surface area contributed by atoms with E-state index in [4.69, 9.17) is 0 Å². The van der Waals surface area contributed by atoms with Crippen molar-refractivity contribution in [3.8, 4) is 0 Å². The summed E-state index contributed by atoms with van der Waals surface area (Å²) < 4.78 is 1.23. The lowest BCUT2D eigenvalue weighted by Crippen LogP contribution is -2.25. The molecule has 2 heteroatoms. The molecular formula is C14H20BrN. The Morgan fingerprint density at radius 1 is 1.38 bits per heavy atom. The molecule has 88 valence electrons. The fraction of sp³-hybridized carbons (Fsp3) is 0.571. The van der Waals surface area contributed by atoms with Crippen LogP contribution >= 0.6 is 15.9 Å². The van der Waals surface area contributed by atoms with Gasteiger partial charge in [0.15, 0.2) is 0 Å². The molecule has 16 heavy (non-hydrogen) atoms. The zero-order valence-electron chi connectivity index (χ0n) is 10.1. The number of aryl methyl sites for hydroxylation is 1. The minimum absolute atomic E-state index is 0.725. The summed E-state index contributed by atoms with van der Waals surface area (Å²) in [7, 11) is 0. The van der Waals surface area contributed by atoms with E-state index >= 15 is 0 Å². The lowest BCUT2D eigenvalue weighted by Gasteiger charge is -2.13. The zero-order chi connectivity index (χ0) is 11.5. The van der Waals surface area contributed by atoms with Crippen molar-refractivity contribution in [2.75, 3.05) is 0 Å². The quantitative estimate of drug-likeness (QED) is 0.882. The maximum Gasteiger partial charge on any atom is 0.0222 e. The molecule has 0 heterocycles. The molecule has 1 fully saturated rings. The van der Waals surface area contributed by atoms with Crippen LogP contribution in [0.15, 0.2) is 22.7 Å². The maximum atomic E-state index is 3.66. The first-order valence-corrected chi connectivity index (χ1v) is 6.93. The van der Waals surface area contributed by atoms with Gasteiger partial charge in [0.2, 0.25) is 0 Å². The van der Waals surface area contributed by atoms with E-state index in [1.54, 1.807) is 0 Å². The molecule has 0 bridgehead atoms. The van der Waals surface area contributed by atoms with Gasteiger partial charge in [-0.25, -0.2) is 0 Å². The molecule has 1 nitrogen and oxygen atoms in total.